The number of aryl methyl sites for hydroxylation is 2. The van der Waals surface area contributed by atoms with Crippen molar-refractivity contribution in [3.8, 4) is 5.75 Å². The van der Waals surface area contributed by atoms with Gasteiger partial charge in [-0.1, -0.05) is 6.07 Å². The van der Waals surface area contributed by atoms with E-state index in [1.807, 2.05) is 19.9 Å². The molecular weight excluding hydrogens is 222 g/mol. The van der Waals surface area contributed by atoms with Crippen LogP contribution in [0.25, 0.3) is 0 Å². The summed E-state index contributed by atoms with van der Waals surface area (Å²) in [6.07, 6.45) is 0. The summed E-state index contributed by atoms with van der Waals surface area (Å²) in [6.45, 7) is 3.75. The first-order valence-corrected chi connectivity index (χ1v) is 5.04. The molecule has 0 heterocycles. The van der Waals surface area contributed by atoms with E-state index in [0.717, 1.165) is 18.2 Å². The minimum Gasteiger partial charge on any atom is -0.494 e. The number of amides is 1. The van der Waals surface area contributed by atoms with Crippen molar-refractivity contribution in [3.05, 3.63) is 23.3 Å². The molecule has 92 valence electrons. The summed E-state index contributed by atoms with van der Waals surface area (Å²) in [5.41, 5.74) is 2.30. The van der Waals surface area contributed by atoms with Crippen LogP contribution in [-0.2, 0) is 14.3 Å². The Morgan fingerprint density at radius 2 is 1.82 bits per heavy atom. The lowest BCUT2D eigenvalue weighted by molar-refractivity contribution is -0.150. The first kappa shape index (κ1) is 13.0. The number of nitrogens with one attached hydrogen (secondary N) is 1. The molecule has 0 aliphatic carbocycles. The van der Waals surface area contributed by atoms with Crippen LogP contribution in [-0.4, -0.2) is 26.1 Å². The van der Waals surface area contributed by atoms with Gasteiger partial charge in [0.25, 0.3) is 0 Å². The molecule has 17 heavy (non-hydrogen) atoms. The van der Waals surface area contributed by atoms with Gasteiger partial charge in [-0.3, -0.25) is 4.79 Å². The molecule has 0 radical (unpaired) electrons. The molecular formula is C12H15NO4. The fourth-order valence-electron chi connectivity index (χ4n) is 1.58. The highest BCUT2D eigenvalue weighted by Crippen LogP contribution is 2.29. The number of carbonyl (C=O) groups excluding carboxylic acids is 2. The number of methoxy groups -OCH3 is 2. The summed E-state index contributed by atoms with van der Waals surface area (Å²) >= 11 is 0. The maximum atomic E-state index is 11.4. The van der Waals surface area contributed by atoms with E-state index < -0.39 is 11.9 Å². The standard InChI is InChI=1S/C12H15NO4/c1-7-5-8(2)10(16-3)9(6-7)13-11(14)12(15)17-4/h5-6H,1-4H3,(H,13,14). The number of ether oxygens (including phenoxy) is 2. The van der Waals surface area contributed by atoms with E-state index in [1.165, 1.54) is 7.11 Å². The second kappa shape index (κ2) is 5.34. The molecule has 0 bridgehead atoms. The zero-order chi connectivity index (χ0) is 13.0. The number of hydrogen-bond donors (Lipinski definition) is 1. The van der Waals surface area contributed by atoms with Crippen LogP contribution in [0.5, 0.6) is 5.75 Å². The third-order valence-electron chi connectivity index (χ3n) is 2.24. The maximum absolute atomic E-state index is 11.4. The Morgan fingerprint density at radius 3 is 2.35 bits per heavy atom. The minimum atomic E-state index is -0.939. The van der Waals surface area contributed by atoms with Crippen molar-refractivity contribution in [3.63, 3.8) is 0 Å². The normalized spacial score (nSPS) is 9.65. The van der Waals surface area contributed by atoms with E-state index >= 15 is 0 Å². The topological polar surface area (TPSA) is 64.6 Å². The largest absolute Gasteiger partial charge is 0.494 e. The van der Waals surface area contributed by atoms with Gasteiger partial charge in [-0.15, -0.1) is 0 Å². The molecule has 0 fully saturated rings. The van der Waals surface area contributed by atoms with Gasteiger partial charge in [0.1, 0.15) is 5.75 Å². The van der Waals surface area contributed by atoms with Crippen molar-refractivity contribution in [2.45, 2.75) is 13.8 Å². The fraction of sp³-hybridized carbons (Fsp3) is 0.333. The molecule has 0 aliphatic rings. The lowest BCUT2D eigenvalue weighted by Gasteiger charge is -2.13. The lowest BCUT2D eigenvalue weighted by Crippen LogP contribution is -2.24. The Balaban J connectivity index is 3.05. The van der Waals surface area contributed by atoms with Crippen LogP contribution in [0.3, 0.4) is 0 Å². The Kier molecular flexibility index (Phi) is 4.09. The quantitative estimate of drug-likeness (QED) is 0.624. The summed E-state index contributed by atoms with van der Waals surface area (Å²) in [7, 11) is 2.66. The molecule has 0 aromatic heterocycles. The Morgan fingerprint density at radius 1 is 1.18 bits per heavy atom. The highest BCUT2D eigenvalue weighted by Gasteiger charge is 2.17. The summed E-state index contributed by atoms with van der Waals surface area (Å²) in [5.74, 6) is -1.23. The van der Waals surface area contributed by atoms with E-state index in [0.29, 0.717) is 11.4 Å². The molecule has 0 aliphatic heterocycles. The average molecular weight is 237 g/mol. The van der Waals surface area contributed by atoms with E-state index in [4.69, 9.17) is 4.74 Å². The fourth-order valence-corrected chi connectivity index (χ4v) is 1.58. The lowest BCUT2D eigenvalue weighted by atomic mass is 10.1. The average Bonchev–Trinajstić information content (AvgIpc) is 2.27. The van der Waals surface area contributed by atoms with Gasteiger partial charge in [0, 0.05) is 0 Å². The van der Waals surface area contributed by atoms with E-state index in [2.05, 4.69) is 10.1 Å². The number of carbonyl (C=O) groups is 2. The van der Waals surface area contributed by atoms with Gasteiger partial charge >= 0.3 is 11.9 Å². The van der Waals surface area contributed by atoms with Crippen molar-refractivity contribution in [2.75, 3.05) is 19.5 Å². The predicted octanol–water partition coefficient (Wildman–Crippen LogP) is 1.42. The van der Waals surface area contributed by atoms with Crippen LogP contribution < -0.4 is 10.1 Å². The van der Waals surface area contributed by atoms with Crippen molar-refractivity contribution in [1.82, 2.24) is 0 Å². The van der Waals surface area contributed by atoms with Crippen LogP contribution in [0.15, 0.2) is 12.1 Å². The molecule has 1 amide bonds. The maximum Gasteiger partial charge on any atom is 0.396 e. The SMILES string of the molecule is COC(=O)C(=O)Nc1cc(C)cc(C)c1OC. The van der Waals surface area contributed by atoms with Crippen LogP contribution in [0.2, 0.25) is 0 Å². The van der Waals surface area contributed by atoms with Crippen LogP contribution in [0, 0.1) is 13.8 Å². The van der Waals surface area contributed by atoms with Gasteiger partial charge in [-0.25, -0.2) is 4.79 Å². The van der Waals surface area contributed by atoms with Gasteiger partial charge in [-0.05, 0) is 31.0 Å². The van der Waals surface area contributed by atoms with Gasteiger partial charge < -0.3 is 14.8 Å². The van der Waals surface area contributed by atoms with Gasteiger partial charge in [0.2, 0.25) is 0 Å². The smallest absolute Gasteiger partial charge is 0.396 e. The van der Waals surface area contributed by atoms with Crippen molar-refractivity contribution in [2.24, 2.45) is 0 Å². The van der Waals surface area contributed by atoms with E-state index in [1.54, 1.807) is 6.07 Å². The number of esters is 1. The molecule has 1 N–H and O–H groups in total. The number of rotatable bonds is 2. The summed E-state index contributed by atoms with van der Waals surface area (Å²) in [6, 6.07) is 3.65. The predicted molar refractivity (Wildman–Crippen MR) is 63.1 cm³/mol. The molecule has 5 heteroatoms. The second-order valence-corrected chi connectivity index (χ2v) is 3.61. The molecule has 5 nitrogen and oxygen atoms in total. The number of anilines is 1. The summed E-state index contributed by atoms with van der Waals surface area (Å²) in [5, 5.41) is 2.46. The highest BCUT2D eigenvalue weighted by atomic mass is 16.5. The Hall–Kier alpha value is -2.04. The number of hydrogen-bond acceptors (Lipinski definition) is 4. The third-order valence-corrected chi connectivity index (χ3v) is 2.24. The minimum absolute atomic E-state index is 0.459. The zero-order valence-corrected chi connectivity index (χ0v) is 10.3. The molecule has 1 aromatic carbocycles. The van der Waals surface area contributed by atoms with Crippen molar-refractivity contribution < 1.29 is 19.1 Å². The third kappa shape index (κ3) is 2.96. The molecule has 0 spiro atoms. The Bertz CT molecular complexity index is 454. The first-order chi connectivity index (χ1) is 7.99. The summed E-state index contributed by atoms with van der Waals surface area (Å²) in [4.78, 5) is 22.4. The Labute approximate surface area is 99.7 Å². The van der Waals surface area contributed by atoms with E-state index in [-0.39, 0.29) is 0 Å². The van der Waals surface area contributed by atoms with Crippen LogP contribution in [0.1, 0.15) is 11.1 Å². The van der Waals surface area contributed by atoms with Crippen LogP contribution in [0.4, 0.5) is 5.69 Å². The highest BCUT2D eigenvalue weighted by molar-refractivity contribution is 6.37. The molecule has 0 atom stereocenters. The zero-order valence-electron chi connectivity index (χ0n) is 10.3. The molecule has 1 rings (SSSR count). The number of benzene rings is 1. The molecule has 1 aromatic rings. The van der Waals surface area contributed by atoms with Crippen molar-refractivity contribution in [1.29, 1.82) is 0 Å². The second-order valence-electron chi connectivity index (χ2n) is 3.61. The van der Waals surface area contributed by atoms with Crippen LogP contribution >= 0.6 is 0 Å². The van der Waals surface area contributed by atoms with Gasteiger partial charge in [0.15, 0.2) is 0 Å². The van der Waals surface area contributed by atoms with Gasteiger partial charge in [0.05, 0.1) is 19.9 Å². The molecule has 0 unspecified atom stereocenters. The first-order valence-electron chi connectivity index (χ1n) is 5.04. The monoisotopic (exact) mass is 237 g/mol. The van der Waals surface area contributed by atoms with Gasteiger partial charge in [-0.2, -0.15) is 0 Å². The molecule has 0 saturated carbocycles. The van der Waals surface area contributed by atoms with E-state index in [9.17, 15) is 9.59 Å². The molecule has 0 saturated heterocycles. The van der Waals surface area contributed by atoms with Crippen molar-refractivity contribution >= 4 is 17.6 Å². The summed E-state index contributed by atoms with van der Waals surface area (Å²) < 4.78 is 9.50.